The lowest BCUT2D eigenvalue weighted by Crippen LogP contribution is -2.55. The minimum atomic E-state index is -0.669. The van der Waals surface area contributed by atoms with Gasteiger partial charge in [0, 0.05) is 18.6 Å². The van der Waals surface area contributed by atoms with Crippen LogP contribution < -0.4 is 11.1 Å². The van der Waals surface area contributed by atoms with E-state index in [0.29, 0.717) is 18.5 Å². The number of amides is 1. The van der Waals surface area contributed by atoms with Crippen LogP contribution in [0.2, 0.25) is 0 Å². The normalized spacial score (nSPS) is 25.5. The summed E-state index contributed by atoms with van der Waals surface area (Å²) in [7, 11) is 2.14. The highest BCUT2D eigenvalue weighted by Gasteiger charge is 2.44. The molecule has 0 bridgehead atoms. The molecule has 2 unspecified atom stereocenters. The fourth-order valence-electron chi connectivity index (χ4n) is 2.28. The highest BCUT2D eigenvalue weighted by atomic mass is 16.2. The largest absolute Gasteiger partial charge is 0.353 e. The van der Waals surface area contributed by atoms with Gasteiger partial charge in [-0.15, -0.1) is 0 Å². The molecular weight excluding hydrogens is 214 g/mol. The van der Waals surface area contributed by atoms with Crippen molar-refractivity contribution in [2.75, 3.05) is 13.6 Å². The monoisotopic (exact) mass is 239 g/mol. The van der Waals surface area contributed by atoms with Gasteiger partial charge < -0.3 is 11.1 Å². The molecule has 2 atom stereocenters. The number of nitrogens with two attached hydrogens (primary N) is 1. The van der Waals surface area contributed by atoms with Gasteiger partial charge in [-0.1, -0.05) is 0 Å². The summed E-state index contributed by atoms with van der Waals surface area (Å²) in [4.78, 5) is 14.4. The Morgan fingerprint density at radius 3 is 2.53 bits per heavy atom. The standard InChI is InChI=1S/C13H25N3O/c1-9(16(3)11-6-7-11)8-15-12(17)13(2,14)10-4-5-10/h9-11H,4-8,14H2,1-3H3,(H,15,17). The van der Waals surface area contributed by atoms with E-state index in [4.69, 9.17) is 5.73 Å². The van der Waals surface area contributed by atoms with Crippen LogP contribution in [-0.2, 0) is 4.79 Å². The number of rotatable bonds is 6. The Morgan fingerprint density at radius 1 is 1.47 bits per heavy atom. The lowest BCUT2D eigenvalue weighted by molar-refractivity contribution is -0.126. The maximum absolute atomic E-state index is 12.0. The molecule has 0 aliphatic heterocycles. The van der Waals surface area contributed by atoms with Crippen LogP contribution in [0.5, 0.6) is 0 Å². The molecule has 0 saturated heterocycles. The van der Waals surface area contributed by atoms with Crippen molar-refractivity contribution in [3.63, 3.8) is 0 Å². The van der Waals surface area contributed by atoms with Gasteiger partial charge in [0.1, 0.15) is 0 Å². The molecule has 3 N–H and O–H groups in total. The molecule has 2 aliphatic rings. The summed E-state index contributed by atoms with van der Waals surface area (Å²) in [6.45, 7) is 4.71. The fourth-order valence-corrected chi connectivity index (χ4v) is 2.28. The van der Waals surface area contributed by atoms with Crippen molar-refractivity contribution >= 4 is 5.91 Å². The van der Waals surface area contributed by atoms with Gasteiger partial charge in [0.2, 0.25) is 5.91 Å². The van der Waals surface area contributed by atoms with Crippen LogP contribution >= 0.6 is 0 Å². The number of likely N-dealkylation sites (N-methyl/N-ethyl adjacent to an activating group) is 1. The Morgan fingerprint density at radius 2 is 2.06 bits per heavy atom. The Bertz CT molecular complexity index is 295. The first-order valence-corrected chi connectivity index (χ1v) is 6.72. The van der Waals surface area contributed by atoms with Crippen molar-refractivity contribution in [2.45, 2.75) is 57.2 Å². The molecule has 0 radical (unpaired) electrons. The summed E-state index contributed by atoms with van der Waals surface area (Å²) < 4.78 is 0. The van der Waals surface area contributed by atoms with Crippen LogP contribution in [0.1, 0.15) is 39.5 Å². The van der Waals surface area contributed by atoms with Gasteiger partial charge in [-0.3, -0.25) is 9.69 Å². The number of nitrogens with one attached hydrogen (secondary N) is 1. The van der Waals surface area contributed by atoms with Gasteiger partial charge in [0.15, 0.2) is 0 Å². The van der Waals surface area contributed by atoms with Crippen LogP contribution in [0, 0.1) is 5.92 Å². The average molecular weight is 239 g/mol. The van der Waals surface area contributed by atoms with E-state index in [2.05, 4.69) is 24.2 Å². The molecule has 0 heterocycles. The summed E-state index contributed by atoms with van der Waals surface area (Å²) in [5.74, 6) is 0.398. The van der Waals surface area contributed by atoms with Crippen molar-refractivity contribution in [3.8, 4) is 0 Å². The zero-order valence-corrected chi connectivity index (χ0v) is 11.2. The maximum Gasteiger partial charge on any atom is 0.240 e. The summed E-state index contributed by atoms with van der Waals surface area (Å²) in [6.07, 6.45) is 4.78. The minimum Gasteiger partial charge on any atom is -0.353 e. The Hall–Kier alpha value is -0.610. The lowest BCUT2D eigenvalue weighted by Gasteiger charge is -2.28. The van der Waals surface area contributed by atoms with Crippen LogP contribution in [0.4, 0.5) is 0 Å². The minimum absolute atomic E-state index is 0.0102. The first kappa shape index (κ1) is 12.8. The topological polar surface area (TPSA) is 58.4 Å². The highest BCUT2D eigenvalue weighted by molar-refractivity contribution is 5.86. The summed E-state index contributed by atoms with van der Waals surface area (Å²) in [5.41, 5.74) is 5.41. The van der Waals surface area contributed by atoms with E-state index in [1.54, 1.807) is 0 Å². The van der Waals surface area contributed by atoms with E-state index in [1.165, 1.54) is 12.8 Å². The molecule has 4 nitrogen and oxygen atoms in total. The fraction of sp³-hybridized carbons (Fsp3) is 0.923. The third-order valence-corrected chi connectivity index (χ3v) is 4.29. The Balaban J connectivity index is 1.75. The second-order valence-corrected chi connectivity index (χ2v) is 6.01. The summed E-state index contributed by atoms with van der Waals surface area (Å²) in [6, 6.07) is 1.12. The molecule has 2 fully saturated rings. The third kappa shape index (κ3) is 2.99. The zero-order valence-electron chi connectivity index (χ0n) is 11.2. The van der Waals surface area contributed by atoms with E-state index >= 15 is 0 Å². The number of hydrogen-bond acceptors (Lipinski definition) is 3. The summed E-state index contributed by atoms with van der Waals surface area (Å²) in [5, 5.41) is 3.00. The SMILES string of the molecule is CC(CNC(=O)C(C)(N)C1CC1)N(C)C1CC1. The molecular formula is C13H25N3O. The van der Waals surface area contributed by atoms with Gasteiger partial charge in [0.25, 0.3) is 0 Å². The molecule has 0 aromatic heterocycles. The van der Waals surface area contributed by atoms with Crippen LogP contribution in [-0.4, -0.2) is 42.0 Å². The number of nitrogens with zero attached hydrogens (tertiary/aromatic N) is 1. The quantitative estimate of drug-likeness (QED) is 0.718. The van der Waals surface area contributed by atoms with Crippen molar-refractivity contribution in [2.24, 2.45) is 11.7 Å². The molecule has 2 rings (SSSR count). The molecule has 17 heavy (non-hydrogen) atoms. The predicted octanol–water partition coefficient (Wildman–Crippen LogP) is 0.713. The highest BCUT2D eigenvalue weighted by Crippen LogP contribution is 2.38. The van der Waals surface area contributed by atoms with Gasteiger partial charge in [0.05, 0.1) is 5.54 Å². The van der Waals surface area contributed by atoms with Crippen LogP contribution in [0.15, 0.2) is 0 Å². The number of carbonyl (C=O) groups is 1. The first-order chi connectivity index (χ1) is 7.93. The first-order valence-electron chi connectivity index (χ1n) is 6.72. The molecule has 0 spiro atoms. The lowest BCUT2D eigenvalue weighted by atomic mass is 9.96. The molecule has 4 heteroatoms. The summed E-state index contributed by atoms with van der Waals surface area (Å²) >= 11 is 0. The van der Waals surface area contributed by atoms with Gasteiger partial charge in [-0.25, -0.2) is 0 Å². The van der Waals surface area contributed by atoms with E-state index in [1.807, 2.05) is 6.92 Å². The van der Waals surface area contributed by atoms with Gasteiger partial charge >= 0.3 is 0 Å². The Labute approximate surface area is 104 Å². The number of hydrogen-bond donors (Lipinski definition) is 2. The van der Waals surface area contributed by atoms with E-state index in [0.717, 1.165) is 18.9 Å². The van der Waals surface area contributed by atoms with Crippen molar-refractivity contribution in [1.82, 2.24) is 10.2 Å². The smallest absolute Gasteiger partial charge is 0.240 e. The van der Waals surface area contributed by atoms with Gasteiger partial charge in [-0.05, 0) is 52.5 Å². The third-order valence-electron chi connectivity index (χ3n) is 4.29. The average Bonchev–Trinajstić information content (AvgIpc) is 3.15. The van der Waals surface area contributed by atoms with Crippen LogP contribution in [0.25, 0.3) is 0 Å². The molecule has 0 aromatic carbocycles. The predicted molar refractivity (Wildman–Crippen MR) is 68.6 cm³/mol. The second kappa shape index (κ2) is 4.58. The molecule has 2 aliphatic carbocycles. The maximum atomic E-state index is 12.0. The van der Waals surface area contributed by atoms with E-state index in [9.17, 15) is 4.79 Å². The van der Waals surface area contributed by atoms with E-state index < -0.39 is 5.54 Å². The Kier molecular flexibility index (Phi) is 3.46. The van der Waals surface area contributed by atoms with E-state index in [-0.39, 0.29) is 5.91 Å². The number of carbonyl (C=O) groups excluding carboxylic acids is 1. The molecule has 2 saturated carbocycles. The zero-order chi connectivity index (χ0) is 12.6. The second-order valence-electron chi connectivity index (χ2n) is 6.01. The van der Waals surface area contributed by atoms with Crippen molar-refractivity contribution < 1.29 is 4.79 Å². The van der Waals surface area contributed by atoms with Crippen molar-refractivity contribution in [1.29, 1.82) is 0 Å². The molecule has 0 aromatic rings. The molecule has 98 valence electrons. The molecule has 1 amide bonds. The van der Waals surface area contributed by atoms with Gasteiger partial charge in [-0.2, -0.15) is 0 Å². The van der Waals surface area contributed by atoms with Crippen molar-refractivity contribution in [3.05, 3.63) is 0 Å². The van der Waals surface area contributed by atoms with Crippen LogP contribution in [0.3, 0.4) is 0 Å².